The Morgan fingerprint density at radius 3 is 2.92 bits per heavy atom. The van der Waals surface area contributed by atoms with E-state index >= 15 is 0 Å². The van der Waals surface area contributed by atoms with Crippen molar-refractivity contribution < 1.29 is 9.21 Å². The first-order chi connectivity index (χ1) is 12.0. The van der Waals surface area contributed by atoms with Gasteiger partial charge in [0.05, 0.1) is 6.04 Å². The van der Waals surface area contributed by atoms with Crippen LogP contribution in [0.15, 0.2) is 40.1 Å². The summed E-state index contributed by atoms with van der Waals surface area (Å²) in [5, 5.41) is 0. The highest BCUT2D eigenvalue weighted by Gasteiger charge is 2.42. The molecule has 0 spiro atoms. The van der Waals surface area contributed by atoms with Gasteiger partial charge in [-0.2, -0.15) is 0 Å². The van der Waals surface area contributed by atoms with Crippen LogP contribution in [0.25, 0.3) is 0 Å². The van der Waals surface area contributed by atoms with Crippen LogP contribution < -0.4 is 5.56 Å². The van der Waals surface area contributed by atoms with E-state index in [1.54, 1.807) is 6.07 Å². The number of oxazole rings is 1. The summed E-state index contributed by atoms with van der Waals surface area (Å²) >= 11 is 0. The molecule has 2 aliphatic rings. The van der Waals surface area contributed by atoms with E-state index < -0.39 is 0 Å². The van der Waals surface area contributed by atoms with Crippen LogP contribution in [-0.2, 0) is 0 Å². The molecule has 1 fully saturated rings. The van der Waals surface area contributed by atoms with Crippen molar-refractivity contribution in [1.29, 1.82) is 0 Å². The van der Waals surface area contributed by atoms with Crippen LogP contribution >= 0.6 is 0 Å². The molecule has 2 aromatic rings. The Morgan fingerprint density at radius 2 is 2.20 bits per heavy atom. The molecule has 0 aromatic carbocycles. The smallest absolute Gasteiger partial charge is 0.275 e. The van der Waals surface area contributed by atoms with E-state index in [0.29, 0.717) is 18.8 Å². The lowest BCUT2D eigenvalue weighted by atomic mass is 9.78. The Labute approximate surface area is 145 Å². The molecule has 1 saturated heterocycles. The fourth-order valence-electron chi connectivity index (χ4n) is 4.30. The zero-order valence-corrected chi connectivity index (χ0v) is 14.5. The molecule has 1 amide bonds. The summed E-state index contributed by atoms with van der Waals surface area (Å²) in [6.45, 7) is 2.03. The summed E-state index contributed by atoms with van der Waals surface area (Å²) < 4.78 is 6.91. The van der Waals surface area contributed by atoms with Gasteiger partial charge in [0.25, 0.3) is 11.5 Å². The second-order valence-corrected chi connectivity index (χ2v) is 7.27. The number of carbonyl (C=O) groups excluding carboxylic acids is 1. The van der Waals surface area contributed by atoms with Gasteiger partial charge in [-0.15, -0.1) is 0 Å². The predicted molar refractivity (Wildman–Crippen MR) is 91.5 cm³/mol. The fourth-order valence-corrected chi connectivity index (χ4v) is 4.30. The lowest BCUT2D eigenvalue weighted by Gasteiger charge is -2.47. The lowest BCUT2D eigenvalue weighted by molar-refractivity contribution is 0.0493. The average molecular weight is 342 g/mol. The Balaban J connectivity index is 1.71. The molecule has 0 saturated carbocycles. The third-order valence-electron chi connectivity index (χ3n) is 5.29. The van der Waals surface area contributed by atoms with Crippen molar-refractivity contribution in [2.24, 2.45) is 5.92 Å². The number of amides is 1. The number of nitrogens with zero attached hydrogens (tertiary/aromatic N) is 4. The van der Waals surface area contributed by atoms with Gasteiger partial charge >= 0.3 is 0 Å². The maximum absolute atomic E-state index is 12.7. The van der Waals surface area contributed by atoms with Gasteiger partial charge in [0.15, 0.2) is 12.1 Å². The topological polar surface area (TPSA) is 71.6 Å². The van der Waals surface area contributed by atoms with Gasteiger partial charge in [-0.1, -0.05) is 6.07 Å². The van der Waals surface area contributed by atoms with Crippen LogP contribution in [0.3, 0.4) is 0 Å². The molecule has 0 N–H and O–H groups in total. The summed E-state index contributed by atoms with van der Waals surface area (Å²) in [5.41, 5.74) is 1.43. The Kier molecular flexibility index (Phi) is 3.95. The monoisotopic (exact) mass is 342 g/mol. The van der Waals surface area contributed by atoms with Crippen LogP contribution in [0.2, 0.25) is 0 Å². The van der Waals surface area contributed by atoms with Gasteiger partial charge in [-0.25, -0.2) is 4.98 Å². The van der Waals surface area contributed by atoms with Gasteiger partial charge in [0, 0.05) is 37.3 Å². The van der Waals surface area contributed by atoms with Gasteiger partial charge in [-0.05, 0) is 32.5 Å². The second kappa shape index (κ2) is 6.15. The van der Waals surface area contributed by atoms with E-state index in [-0.39, 0.29) is 29.3 Å². The molecule has 3 atom stereocenters. The molecule has 2 bridgehead atoms. The number of likely N-dealkylation sites (N-methyl/N-ethyl adjacent to an activating group) is 1. The molecule has 2 aromatic heterocycles. The number of aromatic nitrogens is 2. The molecule has 0 aliphatic carbocycles. The Morgan fingerprint density at radius 1 is 1.36 bits per heavy atom. The maximum atomic E-state index is 12.7. The summed E-state index contributed by atoms with van der Waals surface area (Å²) in [7, 11) is 4.03. The summed E-state index contributed by atoms with van der Waals surface area (Å²) in [5.74, 6) is 0.338. The summed E-state index contributed by atoms with van der Waals surface area (Å²) in [6.07, 6.45) is 3.68. The minimum Gasteiger partial charge on any atom is -0.451 e. The van der Waals surface area contributed by atoms with Crippen molar-refractivity contribution in [3.8, 4) is 0 Å². The summed E-state index contributed by atoms with van der Waals surface area (Å²) in [4.78, 5) is 33.2. The molecule has 4 rings (SSSR count). The first kappa shape index (κ1) is 16.1. The van der Waals surface area contributed by atoms with Crippen molar-refractivity contribution in [3.63, 3.8) is 0 Å². The van der Waals surface area contributed by atoms with Crippen LogP contribution in [0.1, 0.15) is 34.6 Å². The number of piperidine rings is 1. The highest BCUT2D eigenvalue weighted by Crippen LogP contribution is 2.41. The highest BCUT2D eigenvalue weighted by molar-refractivity contribution is 5.92. The average Bonchev–Trinajstić information content (AvgIpc) is 3.12. The molecule has 7 heteroatoms. The molecule has 4 heterocycles. The number of carbonyl (C=O) groups is 1. The highest BCUT2D eigenvalue weighted by atomic mass is 16.3. The van der Waals surface area contributed by atoms with Gasteiger partial charge in [0.2, 0.25) is 0 Å². The molecule has 25 heavy (non-hydrogen) atoms. The number of fused-ring (bicyclic) bond motifs is 4. The van der Waals surface area contributed by atoms with E-state index in [2.05, 4.69) is 9.88 Å². The van der Waals surface area contributed by atoms with Crippen molar-refractivity contribution in [3.05, 3.63) is 52.6 Å². The number of hydrogen-bond donors (Lipinski definition) is 0. The zero-order chi connectivity index (χ0) is 17.6. The van der Waals surface area contributed by atoms with Crippen molar-refractivity contribution in [1.82, 2.24) is 19.4 Å². The standard InChI is InChI=1S/C18H22N4O3/c1-20(2)9-16-13-6-12(15-4-3-5-17(23)22(15)16)7-21(8-13)18(24)14-10-25-11-19-14/h3-5,10-13,16H,6-9H2,1-2H3/t12-,13+,16+/m1/s1. The summed E-state index contributed by atoms with van der Waals surface area (Å²) in [6, 6.07) is 5.54. The first-order valence-corrected chi connectivity index (χ1v) is 8.58. The SMILES string of the molecule is CN(C)C[C@H]1[C@H]2C[C@H](CN(C(=O)c3cocn3)C2)c2cccc(=O)n21. The molecule has 7 nitrogen and oxygen atoms in total. The van der Waals surface area contributed by atoms with E-state index in [9.17, 15) is 9.59 Å². The minimum absolute atomic E-state index is 0.0512. The van der Waals surface area contributed by atoms with Gasteiger partial charge in [-0.3, -0.25) is 9.59 Å². The third kappa shape index (κ3) is 2.78. The zero-order valence-electron chi connectivity index (χ0n) is 14.5. The molecular formula is C18H22N4O3. The van der Waals surface area contributed by atoms with Crippen molar-refractivity contribution >= 4 is 5.91 Å². The van der Waals surface area contributed by atoms with Crippen LogP contribution in [0.5, 0.6) is 0 Å². The molecular weight excluding hydrogens is 320 g/mol. The first-order valence-electron chi connectivity index (χ1n) is 8.58. The predicted octanol–water partition coefficient (Wildman–Crippen LogP) is 1.20. The van der Waals surface area contributed by atoms with E-state index in [1.165, 1.54) is 12.7 Å². The van der Waals surface area contributed by atoms with E-state index in [4.69, 9.17) is 4.42 Å². The van der Waals surface area contributed by atoms with Crippen LogP contribution in [0, 0.1) is 5.92 Å². The largest absolute Gasteiger partial charge is 0.451 e. The molecule has 132 valence electrons. The fraction of sp³-hybridized carbons (Fsp3) is 0.500. The molecule has 2 aliphatic heterocycles. The van der Waals surface area contributed by atoms with Gasteiger partial charge < -0.3 is 18.8 Å². The number of rotatable bonds is 3. The Bertz CT molecular complexity index is 827. The van der Waals surface area contributed by atoms with Gasteiger partial charge in [0.1, 0.15) is 6.26 Å². The van der Waals surface area contributed by atoms with Crippen LogP contribution in [-0.4, -0.2) is 59.0 Å². The lowest BCUT2D eigenvalue weighted by Crippen LogP contribution is -2.52. The third-order valence-corrected chi connectivity index (χ3v) is 5.29. The van der Waals surface area contributed by atoms with Crippen molar-refractivity contribution in [2.45, 2.75) is 18.4 Å². The molecule has 0 unspecified atom stereocenters. The van der Waals surface area contributed by atoms with Crippen LogP contribution in [0.4, 0.5) is 0 Å². The normalized spacial score (nSPS) is 25.1. The number of likely N-dealkylation sites (tertiary alicyclic amines) is 1. The second-order valence-electron chi connectivity index (χ2n) is 7.27. The maximum Gasteiger partial charge on any atom is 0.275 e. The Hall–Kier alpha value is -2.41. The number of hydrogen-bond acceptors (Lipinski definition) is 5. The molecule has 0 radical (unpaired) electrons. The van der Waals surface area contributed by atoms with Crippen molar-refractivity contribution in [2.75, 3.05) is 33.7 Å². The quantitative estimate of drug-likeness (QED) is 0.838. The van der Waals surface area contributed by atoms with E-state index in [1.807, 2.05) is 35.7 Å². The van der Waals surface area contributed by atoms with E-state index in [0.717, 1.165) is 18.7 Å². The minimum atomic E-state index is -0.0984. The number of pyridine rings is 1.